The lowest BCUT2D eigenvalue weighted by atomic mass is 9.98. The van der Waals surface area contributed by atoms with Crippen molar-refractivity contribution in [3.8, 4) is 0 Å². The van der Waals surface area contributed by atoms with Crippen LogP contribution in [0.3, 0.4) is 0 Å². The number of carbonyl (C=O) groups is 1. The quantitative estimate of drug-likeness (QED) is 0.636. The van der Waals surface area contributed by atoms with E-state index in [4.69, 9.17) is 0 Å². The van der Waals surface area contributed by atoms with E-state index in [0.717, 1.165) is 35.0 Å². The molecular formula is C23H27N3O3S. The van der Waals surface area contributed by atoms with Gasteiger partial charge in [0.25, 0.3) is 0 Å². The monoisotopic (exact) mass is 425 g/mol. The number of amides is 1. The summed E-state index contributed by atoms with van der Waals surface area (Å²) in [6.07, 6.45) is 1.84. The molecular weight excluding hydrogens is 398 g/mol. The summed E-state index contributed by atoms with van der Waals surface area (Å²) < 4.78 is 27.0. The fourth-order valence-corrected chi connectivity index (χ4v) is 5.63. The second kappa shape index (κ2) is 8.62. The molecule has 1 aromatic heterocycles. The molecule has 4 rings (SSSR count). The van der Waals surface area contributed by atoms with Gasteiger partial charge in [0, 0.05) is 36.2 Å². The molecule has 2 N–H and O–H groups in total. The lowest BCUT2D eigenvalue weighted by molar-refractivity contribution is -0.120. The van der Waals surface area contributed by atoms with Crippen molar-refractivity contribution in [1.29, 1.82) is 0 Å². The molecule has 30 heavy (non-hydrogen) atoms. The Morgan fingerprint density at radius 1 is 1.07 bits per heavy atom. The van der Waals surface area contributed by atoms with Gasteiger partial charge in [-0.25, -0.2) is 8.42 Å². The maximum Gasteiger partial charge on any atom is 0.243 e. The highest BCUT2D eigenvalue weighted by Gasteiger charge is 2.29. The first-order chi connectivity index (χ1) is 14.4. The minimum Gasteiger partial charge on any atom is -0.358 e. The topological polar surface area (TPSA) is 82.3 Å². The number of nitrogens with one attached hydrogen (secondary N) is 2. The molecule has 0 saturated carbocycles. The third kappa shape index (κ3) is 4.27. The second-order valence-corrected chi connectivity index (χ2v) is 9.85. The Hall–Kier alpha value is -2.64. The van der Waals surface area contributed by atoms with Gasteiger partial charge in [0.2, 0.25) is 15.9 Å². The predicted molar refractivity (Wildman–Crippen MR) is 118 cm³/mol. The third-order valence-electron chi connectivity index (χ3n) is 5.91. The molecule has 0 aliphatic carbocycles. The fraction of sp³-hybridized carbons (Fsp3) is 0.348. The van der Waals surface area contributed by atoms with E-state index in [1.807, 2.05) is 37.3 Å². The predicted octanol–water partition coefficient (Wildman–Crippen LogP) is 3.24. The Labute approximate surface area is 177 Å². The first-order valence-electron chi connectivity index (χ1n) is 10.3. The average molecular weight is 426 g/mol. The van der Waals surface area contributed by atoms with Gasteiger partial charge in [0.05, 0.1) is 11.3 Å². The van der Waals surface area contributed by atoms with Gasteiger partial charge in [-0.1, -0.05) is 36.4 Å². The Bertz CT molecular complexity index is 1130. The Balaban J connectivity index is 1.29. The van der Waals surface area contributed by atoms with E-state index < -0.39 is 10.0 Å². The van der Waals surface area contributed by atoms with Crippen molar-refractivity contribution in [2.75, 3.05) is 19.6 Å². The number of nitrogens with zero attached hydrogens (tertiary/aromatic N) is 1. The van der Waals surface area contributed by atoms with Crippen LogP contribution in [0.5, 0.6) is 0 Å². The zero-order valence-corrected chi connectivity index (χ0v) is 17.9. The van der Waals surface area contributed by atoms with Crippen molar-refractivity contribution in [2.45, 2.75) is 31.1 Å². The summed E-state index contributed by atoms with van der Waals surface area (Å²) in [5, 5.41) is 4.13. The Morgan fingerprint density at radius 3 is 2.47 bits per heavy atom. The number of para-hydroxylation sites is 1. The molecule has 0 atom stereocenters. The van der Waals surface area contributed by atoms with Gasteiger partial charge < -0.3 is 10.3 Å². The number of hydrogen-bond acceptors (Lipinski definition) is 3. The number of sulfonamides is 1. The van der Waals surface area contributed by atoms with Crippen LogP contribution in [0.4, 0.5) is 0 Å². The summed E-state index contributed by atoms with van der Waals surface area (Å²) >= 11 is 0. The van der Waals surface area contributed by atoms with Gasteiger partial charge in [-0.3, -0.25) is 4.79 Å². The normalized spacial score (nSPS) is 16.0. The van der Waals surface area contributed by atoms with Crippen molar-refractivity contribution < 1.29 is 13.2 Å². The van der Waals surface area contributed by atoms with Gasteiger partial charge in [-0.2, -0.15) is 4.31 Å². The van der Waals surface area contributed by atoms with Crippen LogP contribution in [0.2, 0.25) is 0 Å². The number of aromatic nitrogens is 1. The third-order valence-corrected chi connectivity index (χ3v) is 7.82. The molecule has 7 heteroatoms. The van der Waals surface area contributed by atoms with Crippen LogP contribution in [-0.2, 0) is 21.2 Å². The molecule has 0 unspecified atom stereocenters. The van der Waals surface area contributed by atoms with Gasteiger partial charge in [0.15, 0.2) is 0 Å². The lowest BCUT2D eigenvalue weighted by Crippen LogP contribution is -2.41. The molecule has 2 aromatic carbocycles. The number of carbonyl (C=O) groups excluding carboxylic acids is 1. The summed E-state index contributed by atoms with van der Waals surface area (Å²) in [6.45, 7) is 3.55. The highest BCUT2D eigenvalue weighted by molar-refractivity contribution is 7.89. The van der Waals surface area contributed by atoms with Crippen LogP contribution < -0.4 is 5.32 Å². The Kier molecular flexibility index (Phi) is 5.92. The molecule has 1 aliphatic rings. The van der Waals surface area contributed by atoms with Gasteiger partial charge in [-0.15, -0.1) is 0 Å². The molecule has 6 nitrogen and oxygen atoms in total. The van der Waals surface area contributed by atoms with E-state index >= 15 is 0 Å². The molecule has 3 aromatic rings. The zero-order valence-electron chi connectivity index (χ0n) is 17.1. The SMILES string of the molecule is Cc1[nH]c2ccccc2c1CC(=O)NCC1CCN(S(=O)(=O)c2ccccc2)CC1. The summed E-state index contributed by atoms with van der Waals surface area (Å²) in [5.74, 6) is 0.294. The van der Waals surface area contributed by atoms with Crippen LogP contribution in [0, 0.1) is 12.8 Å². The number of fused-ring (bicyclic) bond motifs is 1. The fourth-order valence-electron chi connectivity index (χ4n) is 4.14. The van der Waals surface area contributed by atoms with E-state index in [0.29, 0.717) is 36.9 Å². The van der Waals surface area contributed by atoms with E-state index in [1.54, 1.807) is 28.6 Å². The first-order valence-corrected chi connectivity index (χ1v) is 11.8. The Morgan fingerprint density at radius 2 is 1.73 bits per heavy atom. The van der Waals surface area contributed by atoms with Gasteiger partial charge in [0.1, 0.15) is 0 Å². The molecule has 1 saturated heterocycles. The van der Waals surface area contributed by atoms with Crippen molar-refractivity contribution in [3.05, 3.63) is 65.9 Å². The van der Waals surface area contributed by atoms with Gasteiger partial charge >= 0.3 is 0 Å². The highest BCUT2D eigenvalue weighted by Crippen LogP contribution is 2.24. The molecule has 0 spiro atoms. The molecule has 1 fully saturated rings. The first kappa shape index (κ1) is 20.6. The van der Waals surface area contributed by atoms with Crippen LogP contribution in [-0.4, -0.2) is 43.2 Å². The standard InChI is InChI=1S/C23H27N3O3S/c1-17-21(20-9-5-6-10-22(20)25-17)15-23(27)24-16-18-11-13-26(14-12-18)30(28,29)19-7-3-2-4-8-19/h2-10,18,25H,11-16H2,1H3,(H,24,27). The van der Waals surface area contributed by atoms with Crippen molar-refractivity contribution >= 4 is 26.8 Å². The molecule has 0 radical (unpaired) electrons. The molecule has 1 amide bonds. The largest absolute Gasteiger partial charge is 0.358 e. The summed E-state index contributed by atoms with van der Waals surface area (Å²) in [6, 6.07) is 16.6. The van der Waals surface area contributed by atoms with Crippen LogP contribution in [0.25, 0.3) is 10.9 Å². The van der Waals surface area contributed by atoms with Crippen molar-refractivity contribution in [2.24, 2.45) is 5.92 Å². The minimum atomic E-state index is -3.43. The van der Waals surface area contributed by atoms with Crippen molar-refractivity contribution in [1.82, 2.24) is 14.6 Å². The number of aryl methyl sites for hydroxylation is 1. The highest BCUT2D eigenvalue weighted by atomic mass is 32.2. The van der Waals surface area contributed by atoms with Crippen LogP contribution in [0.15, 0.2) is 59.5 Å². The van der Waals surface area contributed by atoms with E-state index in [9.17, 15) is 13.2 Å². The number of hydrogen-bond donors (Lipinski definition) is 2. The summed E-state index contributed by atoms with van der Waals surface area (Å²) in [4.78, 5) is 16.2. The van der Waals surface area contributed by atoms with Crippen LogP contribution >= 0.6 is 0 Å². The van der Waals surface area contributed by atoms with E-state index in [2.05, 4.69) is 10.3 Å². The smallest absolute Gasteiger partial charge is 0.243 e. The van der Waals surface area contributed by atoms with Crippen molar-refractivity contribution in [3.63, 3.8) is 0 Å². The van der Waals surface area contributed by atoms with E-state index in [1.165, 1.54) is 0 Å². The number of rotatable bonds is 6. The lowest BCUT2D eigenvalue weighted by Gasteiger charge is -2.31. The average Bonchev–Trinajstić information content (AvgIpc) is 3.08. The molecule has 1 aliphatic heterocycles. The zero-order chi connectivity index (χ0) is 21.1. The minimum absolute atomic E-state index is 0.00203. The second-order valence-electron chi connectivity index (χ2n) is 7.92. The van der Waals surface area contributed by atoms with Crippen LogP contribution in [0.1, 0.15) is 24.1 Å². The number of H-pyrrole nitrogens is 1. The summed E-state index contributed by atoms with van der Waals surface area (Å²) in [5.41, 5.74) is 3.10. The molecule has 158 valence electrons. The molecule has 0 bridgehead atoms. The van der Waals surface area contributed by atoms with Gasteiger partial charge in [-0.05, 0) is 49.4 Å². The maximum absolute atomic E-state index is 12.7. The summed E-state index contributed by atoms with van der Waals surface area (Å²) in [7, 11) is -3.43. The number of piperidine rings is 1. The van der Waals surface area contributed by atoms with E-state index in [-0.39, 0.29) is 5.91 Å². The number of aromatic amines is 1. The molecule has 2 heterocycles. The number of benzene rings is 2. The maximum atomic E-state index is 12.7.